The molecule has 0 spiro atoms. The molecule has 3 heteroatoms. The van der Waals surface area contributed by atoms with Crippen molar-refractivity contribution in [3.05, 3.63) is 59.4 Å². The molecular formula is C17H18FNO. The minimum absolute atomic E-state index is 0.200. The Morgan fingerprint density at radius 2 is 1.90 bits per heavy atom. The first-order valence-electron chi connectivity index (χ1n) is 6.92. The van der Waals surface area contributed by atoms with E-state index in [0.717, 1.165) is 30.7 Å². The van der Waals surface area contributed by atoms with Gasteiger partial charge in [0.2, 0.25) is 0 Å². The maximum absolute atomic E-state index is 12.9. The largest absolute Gasteiger partial charge is 0.497 e. The number of ether oxygens (including phenoxy) is 1. The summed E-state index contributed by atoms with van der Waals surface area (Å²) in [6, 6.07) is 13.2. The van der Waals surface area contributed by atoms with Crippen LogP contribution in [-0.4, -0.2) is 13.2 Å². The standard InChI is InChI=1S/C17H18FNO/c1-20-17-9-3-12-2-6-16(10-13(12)11-17)19-15-7-4-14(18)5-8-15/h3-5,7-9,11,16,19H,2,6,10H2,1H3. The first-order chi connectivity index (χ1) is 9.74. The van der Waals surface area contributed by atoms with E-state index in [4.69, 9.17) is 4.74 Å². The predicted molar refractivity (Wildman–Crippen MR) is 78.8 cm³/mol. The zero-order valence-corrected chi connectivity index (χ0v) is 11.5. The number of benzene rings is 2. The first-order valence-corrected chi connectivity index (χ1v) is 6.92. The highest BCUT2D eigenvalue weighted by Gasteiger charge is 2.18. The molecule has 1 aliphatic rings. The molecule has 0 saturated heterocycles. The number of halogens is 1. The van der Waals surface area contributed by atoms with Gasteiger partial charge < -0.3 is 10.1 Å². The predicted octanol–water partition coefficient (Wildman–Crippen LogP) is 3.80. The van der Waals surface area contributed by atoms with Gasteiger partial charge in [-0.3, -0.25) is 0 Å². The van der Waals surface area contributed by atoms with Crippen LogP contribution >= 0.6 is 0 Å². The number of hydrogen-bond acceptors (Lipinski definition) is 2. The molecule has 2 aromatic rings. The molecule has 0 heterocycles. The fraction of sp³-hybridized carbons (Fsp3) is 0.294. The number of anilines is 1. The molecule has 1 aliphatic carbocycles. The van der Waals surface area contributed by atoms with Crippen LogP contribution in [0, 0.1) is 5.82 Å². The Labute approximate surface area is 118 Å². The average Bonchev–Trinajstić information content (AvgIpc) is 2.49. The molecule has 1 unspecified atom stereocenters. The van der Waals surface area contributed by atoms with Gasteiger partial charge in [-0.15, -0.1) is 0 Å². The average molecular weight is 271 g/mol. The van der Waals surface area contributed by atoms with Crippen molar-refractivity contribution in [3.8, 4) is 5.75 Å². The zero-order valence-electron chi connectivity index (χ0n) is 11.5. The van der Waals surface area contributed by atoms with E-state index in [2.05, 4.69) is 17.4 Å². The van der Waals surface area contributed by atoms with E-state index in [0.29, 0.717) is 6.04 Å². The molecule has 0 amide bonds. The molecule has 20 heavy (non-hydrogen) atoms. The Kier molecular flexibility index (Phi) is 3.59. The molecule has 2 aromatic carbocycles. The molecule has 0 aliphatic heterocycles. The van der Waals surface area contributed by atoms with Crippen LogP contribution < -0.4 is 10.1 Å². The van der Waals surface area contributed by atoms with Gasteiger partial charge in [-0.05, 0) is 66.8 Å². The van der Waals surface area contributed by atoms with E-state index < -0.39 is 0 Å². The molecule has 2 nitrogen and oxygen atoms in total. The highest BCUT2D eigenvalue weighted by atomic mass is 19.1. The van der Waals surface area contributed by atoms with E-state index in [1.54, 1.807) is 19.2 Å². The number of rotatable bonds is 3. The summed E-state index contributed by atoms with van der Waals surface area (Å²) in [5, 5.41) is 3.48. The smallest absolute Gasteiger partial charge is 0.123 e. The topological polar surface area (TPSA) is 21.3 Å². The summed E-state index contributed by atoms with van der Waals surface area (Å²) in [6.45, 7) is 0. The first kappa shape index (κ1) is 13.0. The molecule has 104 valence electrons. The van der Waals surface area contributed by atoms with Gasteiger partial charge in [0, 0.05) is 11.7 Å². The molecular weight excluding hydrogens is 253 g/mol. The summed E-state index contributed by atoms with van der Waals surface area (Å²) in [4.78, 5) is 0. The van der Waals surface area contributed by atoms with Gasteiger partial charge >= 0.3 is 0 Å². The maximum Gasteiger partial charge on any atom is 0.123 e. The number of hydrogen-bond donors (Lipinski definition) is 1. The van der Waals surface area contributed by atoms with Crippen LogP contribution in [0.25, 0.3) is 0 Å². The van der Waals surface area contributed by atoms with Gasteiger partial charge in [-0.25, -0.2) is 4.39 Å². The van der Waals surface area contributed by atoms with Crippen LogP contribution in [0.4, 0.5) is 10.1 Å². The minimum atomic E-state index is -0.200. The fourth-order valence-electron chi connectivity index (χ4n) is 2.77. The van der Waals surface area contributed by atoms with Gasteiger partial charge in [0.1, 0.15) is 11.6 Å². The van der Waals surface area contributed by atoms with Crippen LogP contribution in [0.3, 0.4) is 0 Å². The van der Waals surface area contributed by atoms with Crippen molar-refractivity contribution in [2.45, 2.75) is 25.3 Å². The molecule has 0 saturated carbocycles. The summed E-state index contributed by atoms with van der Waals surface area (Å²) >= 11 is 0. The normalized spacial score (nSPS) is 17.4. The van der Waals surface area contributed by atoms with Crippen molar-refractivity contribution in [3.63, 3.8) is 0 Å². The summed E-state index contributed by atoms with van der Waals surface area (Å²) in [5.41, 5.74) is 3.72. The van der Waals surface area contributed by atoms with Gasteiger partial charge in [-0.1, -0.05) is 6.07 Å². The number of nitrogens with one attached hydrogen (secondary N) is 1. The SMILES string of the molecule is COc1ccc2c(c1)CC(Nc1ccc(F)cc1)CC2. The second-order valence-electron chi connectivity index (χ2n) is 5.23. The van der Waals surface area contributed by atoms with E-state index in [-0.39, 0.29) is 5.82 Å². The fourth-order valence-corrected chi connectivity index (χ4v) is 2.77. The summed E-state index contributed by atoms with van der Waals surface area (Å²) in [6.07, 6.45) is 3.14. The molecule has 0 radical (unpaired) electrons. The lowest BCUT2D eigenvalue weighted by Gasteiger charge is -2.26. The Morgan fingerprint density at radius 1 is 1.10 bits per heavy atom. The third-order valence-corrected chi connectivity index (χ3v) is 3.86. The zero-order chi connectivity index (χ0) is 13.9. The van der Waals surface area contributed by atoms with Crippen LogP contribution in [0.15, 0.2) is 42.5 Å². The Bertz CT molecular complexity index is 594. The molecule has 1 atom stereocenters. The third-order valence-electron chi connectivity index (χ3n) is 3.86. The lowest BCUT2D eigenvalue weighted by Crippen LogP contribution is -2.27. The molecule has 0 aromatic heterocycles. The van der Waals surface area contributed by atoms with Gasteiger partial charge in [-0.2, -0.15) is 0 Å². The van der Waals surface area contributed by atoms with Crippen molar-refractivity contribution in [2.24, 2.45) is 0 Å². The van der Waals surface area contributed by atoms with Crippen LogP contribution in [0.2, 0.25) is 0 Å². The second kappa shape index (κ2) is 5.53. The summed E-state index contributed by atoms with van der Waals surface area (Å²) in [7, 11) is 1.69. The molecule has 0 bridgehead atoms. The second-order valence-corrected chi connectivity index (χ2v) is 5.23. The van der Waals surface area contributed by atoms with Crippen LogP contribution in [-0.2, 0) is 12.8 Å². The van der Waals surface area contributed by atoms with E-state index in [1.807, 2.05) is 6.07 Å². The molecule has 1 N–H and O–H groups in total. The summed E-state index contributed by atoms with van der Waals surface area (Å²) in [5.74, 6) is 0.709. The summed E-state index contributed by atoms with van der Waals surface area (Å²) < 4.78 is 18.2. The maximum atomic E-state index is 12.9. The lowest BCUT2D eigenvalue weighted by molar-refractivity contribution is 0.413. The third kappa shape index (κ3) is 2.77. The Balaban J connectivity index is 1.73. The Morgan fingerprint density at radius 3 is 2.65 bits per heavy atom. The van der Waals surface area contributed by atoms with Gasteiger partial charge in [0.15, 0.2) is 0 Å². The van der Waals surface area contributed by atoms with Crippen molar-refractivity contribution in [2.75, 3.05) is 12.4 Å². The van der Waals surface area contributed by atoms with Gasteiger partial charge in [0.25, 0.3) is 0 Å². The monoisotopic (exact) mass is 271 g/mol. The highest BCUT2D eigenvalue weighted by Crippen LogP contribution is 2.27. The molecule has 0 fully saturated rings. The minimum Gasteiger partial charge on any atom is -0.497 e. The van der Waals surface area contributed by atoms with E-state index in [9.17, 15) is 4.39 Å². The lowest BCUT2D eigenvalue weighted by atomic mass is 9.88. The van der Waals surface area contributed by atoms with Crippen LogP contribution in [0.1, 0.15) is 17.5 Å². The molecule has 3 rings (SSSR count). The van der Waals surface area contributed by atoms with Crippen molar-refractivity contribution in [1.82, 2.24) is 0 Å². The Hall–Kier alpha value is -2.03. The number of aryl methyl sites for hydroxylation is 1. The quantitative estimate of drug-likeness (QED) is 0.916. The van der Waals surface area contributed by atoms with Crippen LogP contribution in [0.5, 0.6) is 5.75 Å². The van der Waals surface area contributed by atoms with Crippen molar-refractivity contribution < 1.29 is 9.13 Å². The number of methoxy groups -OCH3 is 1. The van der Waals surface area contributed by atoms with Crippen molar-refractivity contribution >= 4 is 5.69 Å². The van der Waals surface area contributed by atoms with Crippen molar-refractivity contribution in [1.29, 1.82) is 0 Å². The highest BCUT2D eigenvalue weighted by molar-refractivity contribution is 5.46. The van der Waals surface area contributed by atoms with E-state index >= 15 is 0 Å². The van der Waals surface area contributed by atoms with Gasteiger partial charge in [0.05, 0.1) is 7.11 Å². The van der Waals surface area contributed by atoms with E-state index in [1.165, 1.54) is 23.3 Å². The number of fused-ring (bicyclic) bond motifs is 1.